The van der Waals surface area contributed by atoms with Gasteiger partial charge in [0.15, 0.2) is 0 Å². The van der Waals surface area contributed by atoms with Gasteiger partial charge in [-0.2, -0.15) is 0 Å². The Bertz CT molecular complexity index is 1170. The van der Waals surface area contributed by atoms with Crippen LogP contribution in [0.4, 0.5) is 10.9 Å². The van der Waals surface area contributed by atoms with E-state index in [2.05, 4.69) is 57.5 Å². The molecule has 0 atom stereocenters. The number of benzene rings is 1. The molecule has 0 saturated carbocycles. The van der Waals surface area contributed by atoms with Gasteiger partial charge in [0.2, 0.25) is 11.0 Å². The molecule has 3 heterocycles. The summed E-state index contributed by atoms with van der Waals surface area (Å²) in [6, 6.07) is 12.4. The fourth-order valence-corrected chi connectivity index (χ4v) is 5.15. The number of hydrogen-bond acceptors (Lipinski definition) is 8. The summed E-state index contributed by atoms with van der Waals surface area (Å²) in [5.74, 6) is 1.25. The van der Waals surface area contributed by atoms with E-state index in [4.69, 9.17) is 0 Å². The minimum Gasteiger partial charge on any atom is -0.359 e. The van der Waals surface area contributed by atoms with Crippen LogP contribution < -0.4 is 10.2 Å². The Labute approximate surface area is 189 Å². The Kier molecular flexibility index (Phi) is 6.53. The van der Waals surface area contributed by atoms with Crippen molar-refractivity contribution in [3.8, 4) is 10.4 Å². The van der Waals surface area contributed by atoms with Gasteiger partial charge in [-0.3, -0.25) is 4.79 Å². The number of aromatic nitrogens is 4. The maximum Gasteiger partial charge on any atom is 0.227 e. The van der Waals surface area contributed by atoms with E-state index in [9.17, 15) is 4.79 Å². The molecule has 160 valence electrons. The molecular formula is C22H24N6OS2. The van der Waals surface area contributed by atoms with E-state index < -0.39 is 0 Å². The summed E-state index contributed by atoms with van der Waals surface area (Å²) in [6.07, 6.45) is 2.78. The zero-order chi connectivity index (χ0) is 21.8. The average Bonchev–Trinajstić information content (AvgIpc) is 3.38. The average molecular weight is 453 g/mol. The number of carbonyl (C=O) groups excluding carboxylic acids is 1. The summed E-state index contributed by atoms with van der Waals surface area (Å²) in [5, 5.41) is 13.6. The third-order valence-electron chi connectivity index (χ3n) is 4.70. The molecule has 0 saturated heterocycles. The van der Waals surface area contributed by atoms with E-state index in [0.29, 0.717) is 24.0 Å². The molecule has 0 radical (unpaired) electrons. The molecule has 0 aliphatic carbocycles. The smallest absolute Gasteiger partial charge is 0.227 e. The number of anilines is 2. The second-order valence-electron chi connectivity index (χ2n) is 7.71. The van der Waals surface area contributed by atoms with E-state index in [1.807, 2.05) is 30.1 Å². The van der Waals surface area contributed by atoms with Gasteiger partial charge in [-0.1, -0.05) is 55.5 Å². The van der Waals surface area contributed by atoms with Crippen LogP contribution in [0.5, 0.6) is 0 Å². The molecule has 1 N–H and O–H groups in total. The molecule has 3 aromatic heterocycles. The maximum absolute atomic E-state index is 12.4. The van der Waals surface area contributed by atoms with Crippen molar-refractivity contribution in [2.45, 2.75) is 26.7 Å². The number of fused-ring (bicyclic) bond motifs is 1. The predicted octanol–water partition coefficient (Wildman–Crippen LogP) is 4.87. The van der Waals surface area contributed by atoms with Crippen LogP contribution in [0.15, 0.2) is 42.7 Å². The Morgan fingerprint density at radius 2 is 1.94 bits per heavy atom. The molecule has 0 aliphatic rings. The monoisotopic (exact) mass is 452 g/mol. The van der Waals surface area contributed by atoms with Gasteiger partial charge in [0.05, 0.1) is 5.39 Å². The molecule has 4 rings (SSSR count). The molecule has 4 aromatic rings. The SMILES string of the molecule is CC(C)Cc1nnc(NC(=O)CCN(C)c2ncnc3sc(-c4ccccc4)cc23)s1. The Morgan fingerprint density at radius 3 is 2.71 bits per heavy atom. The molecule has 0 fully saturated rings. The van der Waals surface area contributed by atoms with Crippen LogP contribution in [-0.2, 0) is 11.2 Å². The molecule has 7 nitrogen and oxygen atoms in total. The molecule has 9 heteroatoms. The molecule has 0 bridgehead atoms. The first kappa shape index (κ1) is 21.3. The van der Waals surface area contributed by atoms with Crippen LogP contribution in [0.25, 0.3) is 20.7 Å². The quantitative estimate of drug-likeness (QED) is 0.410. The first-order valence-corrected chi connectivity index (χ1v) is 11.8. The van der Waals surface area contributed by atoms with E-state index in [1.165, 1.54) is 11.3 Å². The zero-order valence-corrected chi connectivity index (χ0v) is 19.3. The number of carbonyl (C=O) groups is 1. The fraction of sp³-hybridized carbons (Fsp3) is 0.318. The van der Waals surface area contributed by atoms with Crippen LogP contribution in [0.3, 0.4) is 0 Å². The zero-order valence-electron chi connectivity index (χ0n) is 17.7. The number of nitrogens with one attached hydrogen (secondary N) is 1. The van der Waals surface area contributed by atoms with Crippen molar-refractivity contribution in [2.24, 2.45) is 5.92 Å². The van der Waals surface area contributed by atoms with Gasteiger partial charge in [-0.25, -0.2) is 9.97 Å². The minimum atomic E-state index is -0.0836. The van der Waals surface area contributed by atoms with Crippen LogP contribution >= 0.6 is 22.7 Å². The molecule has 31 heavy (non-hydrogen) atoms. The Balaban J connectivity index is 1.41. The number of rotatable bonds is 8. The van der Waals surface area contributed by atoms with Gasteiger partial charge in [-0.15, -0.1) is 21.5 Å². The fourth-order valence-electron chi connectivity index (χ4n) is 3.18. The number of thiophene rings is 1. The van der Waals surface area contributed by atoms with Crippen molar-refractivity contribution in [3.05, 3.63) is 47.7 Å². The van der Waals surface area contributed by atoms with Crippen molar-refractivity contribution >= 4 is 49.7 Å². The summed E-state index contributed by atoms with van der Waals surface area (Å²) >= 11 is 3.08. The van der Waals surface area contributed by atoms with Crippen molar-refractivity contribution in [2.75, 3.05) is 23.8 Å². The predicted molar refractivity (Wildman–Crippen MR) is 128 cm³/mol. The van der Waals surface area contributed by atoms with E-state index >= 15 is 0 Å². The van der Waals surface area contributed by atoms with Crippen LogP contribution in [0.2, 0.25) is 0 Å². The van der Waals surface area contributed by atoms with E-state index in [1.54, 1.807) is 17.7 Å². The number of hydrogen-bond donors (Lipinski definition) is 1. The summed E-state index contributed by atoms with van der Waals surface area (Å²) in [6.45, 7) is 4.80. The van der Waals surface area contributed by atoms with Crippen LogP contribution in [0.1, 0.15) is 25.3 Å². The van der Waals surface area contributed by atoms with Crippen molar-refractivity contribution in [1.29, 1.82) is 0 Å². The van der Waals surface area contributed by atoms with Gasteiger partial charge in [0, 0.05) is 31.3 Å². The Morgan fingerprint density at radius 1 is 1.13 bits per heavy atom. The summed E-state index contributed by atoms with van der Waals surface area (Å²) < 4.78 is 0. The lowest BCUT2D eigenvalue weighted by atomic mass is 10.1. The first-order valence-electron chi connectivity index (χ1n) is 10.1. The lowest BCUT2D eigenvalue weighted by Crippen LogP contribution is -2.24. The largest absolute Gasteiger partial charge is 0.359 e. The summed E-state index contributed by atoms with van der Waals surface area (Å²) in [4.78, 5) is 25.4. The van der Waals surface area contributed by atoms with Gasteiger partial charge < -0.3 is 10.2 Å². The topological polar surface area (TPSA) is 83.9 Å². The second-order valence-corrected chi connectivity index (χ2v) is 9.80. The van der Waals surface area contributed by atoms with Crippen molar-refractivity contribution in [1.82, 2.24) is 20.2 Å². The highest BCUT2D eigenvalue weighted by atomic mass is 32.1. The van der Waals surface area contributed by atoms with Gasteiger partial charge in [-0.05, 0) is 17.5 Å². The first-order chi connectivity index (χ1) is 15.0. The molecule has 1 amide bonds. The molecule has 0 spiro atoms. The summed E-state index contributed by atoms with van der Waals surface area (Å²) in [5.41, 5.74) is 1.16. The highest BCUT2D eigenvalue weighted by molar-refractivity contribution is 7.21. The van der Waals surface area contributed by atoms with Crippen LogP contribution in [0, 0.1) is 5.92 Å². The lowest BCUT2D eigenvalue weighted by molar-refractivity contribution is -0.116. The highest BCUT2D eigenvalue weighted by Crippen LogP contribution is 2.35. The summed E-state index contributed by atoms with van der Waals surface area (Å²) in [7, 11) is 1.95. The lowest BCUT2D eigenvalue weighted by Gasteiger charge is -2.18. The van der Waals surface area contributed by atoms with E-state index in [-0.39, 0.29) is 5.91 Å². The van der Waals surface area contributed by atoms with Crippen molar-refractivity contribution < 1.29 is 4.79 Å². The highest BCUT2D eigenvalue weighted by Gasteiger charge is 2.15. The Hall–Kier alpha value is -2.91. The van der Waals surface area contributed by atoms with Gasteiger partial charge >= 0.3 is 0 Å². The second kappa shape index (κ2) is 9.49. The van der Waals surface area contributed by atoms with Crippen LogP contribution in [-0.4, -0.2) is 39.7 Å². The molecule has 0 unspecified atom stereocenters. The third kappa shape index (κ3) is 5.23. The minimum absolute atomic E-state index is 0.0836. The number of nitrogens with zero attached hydrogens (tertiary/aromatic N) is 5. The molecule has 0 aliphatic heterocycles. The maximum atomic E-state index is 12.4. The van der Waals surface area contributed by atoms with E-state index in [0.717, 1.165) is 37.9 Å². The van der Waals surface area contributed by atoms with Crippen molar-refractivity contribution in [3.63, 3.8) is 0 Å². The number of amides is 1. The normalized spacial score (nSPS) is 11.2. The van der Waals surface area contributed by atoms with Gasteiger partial charge in [0.1, 0.15) is 22.0 Å². The van der Waals surface area contributed by atoms with Gasteiger partial charge in [0.25, 0.3) is 0 Å². The molecular weight excluding hydrogens is 428 g/mol. The molecule has 1 aromatic carbocycles. The third-order valence-corrected chi connectivity index (χ3v) is 6.65. The standard InChI is InChI=1S/C22H24N6OS2/c1-14(2)11-19-26-27-22(31-19)25-18(29)9-10-28(3)20-16-12-17(15-7-5-4-6-8-15)30-21(16)24-13-23-20/h4-8,12-14H,9-11H2,1-3H3,(H,25,27,29).